The van der Waals surface area contributed by atoms with Crippen LogP contribution < -0.4 is 5.32 Å². The van der Waals surface area contributed by atoms with E-state index in [4.69, 9.17) is 5.11 Å². The van der Waals surface area contributed by atoms with Gasteiger partial charge < -0.3 is 10.0 Å². The number of carboxylic acids is 1. The van der Waals surface area contributed by atoms with Gasteiger partial charge >= 0.3 is 5.97 Å². The second-order valence-corrected chi connectivity index (χ2v) is 4.71. The summed E-state index contributed by atoms with van der Waals surface area (Å²) in [5, 5.41) is 12.4. The van der Waals surface area contributed by atoms with Crippen LogP contribution in [0.15, 0.2) is 0 Å². The summed E-state index contributed by atoms with van der Waals surface area (Å²) in [5.74, 6) is -0.746. The van der Waals surface area contributed by atoms with Gasteiger partial charge in [-0.2, -0.15) is 0 Å². The third-order valence-corrected chi connectivity index (χ3v) is 3.42. The molecule has 0 aromatic rings. The molecule has 1 atom stereocenters. The number of piperidine rings is 1. The molecule has 2 N–H and O–H groups in total. The van der Waals surface area contributed by atoms with Gasteiger partial charge in [0, 0.05) is 6.04 Å². The van der Waals surface area contributed by atoms with E-state index in [-0.39, 0.29) is 0 Å². The lowest BCUT2D eigenvalue weighted by atomic mass is 9.95. The number of carboxylic acid groups (broad SMARTS) is 1. The molecule has 1 heterocycles. The highest BCUT2D eigenvalue weighted by Crippen LogP contribution is 2.16. The molecule has 1 rings (SSSR count). The van der Waals surface area contributed by atoms with E-state index in [9.17, 15) is 4.79 Å². The lowest BCUT2D eigenvalue weighted by Crippen LogP contribution is -2.55. The number of aliphatic carboxylic acids is 1. The first kappa shape index (κ1) is 12.5. The SMILES string of the molecule is CCC(C)(NC1CCN(C)CC1)C(=O)O. The van der Waals surface area contributed by atoms with Gasteiger partial charge in [0.15, 0.2) is 0 Å². The first-order chi connectivity index (χ1) is 6.98. The van der Waals surface area contributed by atoms with Crippen LogP contribution in [0.5, 0.6) is 0 Å². The molecular formula is C11H22N2O2. The third kappa shape index (κ3) is 3.18. The second-order valence-electron chi connectivity index (χ2n) is 4.71. The molecule has 0 radical (unpaired) electrons. The van der Waals surface area contributed by atoms with Gasteiger partial charge in [0.2, 0.25) is 0 Å². The Balaban J connectivity index is 2.49. The second kappa shape index (κ2) is 4.94. The maximum atomic E-state index is 11.1. The Morgan fingerprint density at radius 3 is 2.47 bits per heavy atom. The molecule has 88 valence electrons. The van der Waals surface area contributed by atoms with Crippen LogP contribution >= 0.6 is 0 Å². The molecule has 1 unspecified atom stereocenters. The molecular weight excluding hydrogens is 192 g/mol. The zero-order valence-electron chi connectivity index (χ0n) is 9.92. The molecule has 0 amide bonds. The molecule has 1 fully saturated rings. The van der Waals surface area contributed by atoms with E-state index in [0.29, 0.717) is 12.5 Å². The largest absolute Gasteiger partial charge is 0.480 e. The minimum atomic E-state index is -0.763. The molecule has 1 aliphatic heterocycles. The molecule has 4 nitrogen and oxygen atoms in total. The quantitative estimate of drug-likeness (QED) is 0.731. The zero-order valence-corrected chi connectivity index (χ0v) is 9.92. The van der Waals surface area contributed by atoms with Crippen molar-refractivity contribution in [2.24, 2.45) is 0 Å². The van der Waals surface area contributed by atoms with Gasteiger partial charge in [-0.3, -0.25) is 10.1 Å². The van der Waals surface area contributed by atoms with Crippen LogP contribution in [0.2, 0.25) is 0 Å². The van der Waals surface area contributed by atoms with E-state index in [1.165, 1.54) is 0 Å². The van der Waals surface area contributed by atoms with Crippen molar-refractivity contribution >= 4 is 5.97 Å². The monoisotopic (exact) mass is 214 g/mol. The van der Waals surface area contributed by atoms with Gasteiger partial charge in [0.05, 0.1) is 0 Å². The van der Waals surface area contributed by atoms with E-state index in [1.54, 1.807) is 6.92 Å². The smallest absolute Gasteiger partial charge is 0.323 e. The van der Waals surface area contributed by atoms with Crippen molar-refractivity contribution in [1.82, 2.24) is 10.2 Å². The Morgan fingerprint density at radius 1 is 1.53 bits per heavy atom. The molecule has 0 spiro atoms. The van der Waals surface area contributed by atoms with Crippen LogP contribution in [0.1, 0.15) is 33.1 Å². The number of carbonyl (C=O) groups is 1. The fourth-order valence-corrected chi connectivity index (χ4v) is 1.92. The first-order valence-corrected chi connectivity index (χ1v) is 5.67. The summed E-state index contributed by atoms with van der Waals surface area (Å²) in [6, 6.07) is 0.349. The number of hydrogen-bond donors (Lipinski definition) is 2. The minimum absolute atomic E-state index is 0.349. The fraction of sp³-hybridized carbons (Fsp3) is 0.909. The summed E-state index contributed by atoms with van der Waals surface area (Å²) in [5.41, 5.74) is -0.763. The maximum absolute atomic E-state index is 11.1. The first-order valence-electron chi connectivity index (χ1n) is 5.67. The summed E-state index contributed by atoms with van der Waals surface area (Å²) in [6.45, 7) is 5.79. The summed E-state index contributed by atoms with van der Waals surface area (Å²) in [4.78, 5) is 13.4. The van der Waals surface area contributed by atoms with E-state index in [0.717, 1.165) is 25.9 Å². The number of nitrogens with one attached hydrogen (secondary N) is 1. The molecule has 0 aromatic carbocycles. The lowest BCUT2D eigenvalue weighted by Gasteiger charge is -2.35. The standard InChI is InChI=1S/C11H22N2O2/c1-4-11(2,10(14)15)12-9-5-7-13(3)8-6-9/h9,12H,4-8H2,1-3H3,(H,14,15). The fourth-order valence-electron chi connectivity index (χ4n) is 1.92. The van der Waals surface area contributed by atoms with Gasteiger partial charge in [-0.25, -0.2) is 0 Å². The van der Waals surface area contributed by atoms with Gasteiger partial charge in [-0.05, 0) is 46.3 Å². The maximum Gasteiger partial charge on any atom is 0.323 e. The average molecular weight is 214 g/mol. The Hall–Kier alpha value is -0.610. The van der Waals surface area contributed by atoms with Crippen LogP contribution in [0.25, 0.3) is 0 Å². The van der Waals surface area contributed by atoms with Gasteiger partial charge in [0.1, 0.15) is 5.54 Å². The summed E-state index contributed by atoms with van der Waals surface area (Å²) in [7, 11) is 2.10. The predicted octanol–water partition coefficient (Wildman–Crippen LogP) is 0.923. The topological polar surface area (TPSA) is 52.6 Å². The Kier molecular flexibility index (Phi) is 4.11. The molecule has 0 saturated carbocycles. The van der Waals surface area contributed by atoms with Gasteiger partial charge in [0.25, 0.3) is 0 Å². The third-order valence-electron chi connectivity index (χ3n) is 3.42. The van der Waals surface area contributed by atoms with Crippen LogP contribution in [0.4, 0.5) is 0 Å². The minimum Gasteiger partial charge on any atom is -0.480 e. The zero-order chi connectivity index (χ0) is 11.5. The van der Waals surface area contributed by atoms with E-state index >= 15 is 0 Å². The van der Waals surface area contributed by atoms with Crippen molar-refractivity contribution in [3.63, 3.8) is 0 Å². The number of hydrogen-bond acceptors (Lipinski definition) is 3. The van der Waals surface area contributed by atoms with Crippen LogP contribution in [-0.4, -0.2) is 47.7 Å². The lowest BCUT2D eigenvalue weighted by molar-refractivity contribution is -0.144. The Morgan fingerprint density at radius 2 is 2.07 bits per heavy atom. The Bertz CT molecular complexity index is 225. The van der Waals surface area contributed by atoms with Crippen molar-refractivity contribution in [1.29, 1.82) is 0 Å². The van der Waals surface area contributed by atoms with E-state index in [2.05, 4.69) is 17.3 Å². The molecule has 0 aliphatic carbocycles. The molecule has 15 heavy (non-hydrogen) atoms. The van der Waals surface area contributed by atoms with Gasteiger partial charge in [-0.1, -0.05) is 6.92 Å². The number of nitrogens with zero attached hydrogens (tertiary/aromatic N) is 1. The highest BCUT2D eigenvalue weighted by molar-refractivity contribution is 5.78. The predicted molar refractivity (Wildman–Crippen MR) is 60.0 cm³/mol. The van der Waals surface area contributed by atoms with Crippen molar-refractivity contribution in [3.8, 4) is 0 Å². The molecule has 1 aliphatic rings. The summed E-state index contributed by atoms with van der Waals surface area (Å²) < 4.78 is 0. The van der Waals surface area contributed by atoms with Crippen molar-refractivity contribution in [3.05, 3.63) is 0 Å². The van der Waals surface area contributed by atoms with Crippen LogP contribution in [-0.2, 0) is 4.79 Å². The molecule has 0 aromatic heterocycles. The van der Waals surface area contributed by atoms with Crippen molar-refractivity contribution < 1.29 is 9.90 Å². The Labute approximate surface area is 91.6 Å². The molecule has 1 saturated heterocycles. The number of likely N-dealkylation sites (tertiary alicyclic amines) is 1. The number of rotatable bonds is 4. The highest BCUT2D eigenvalue weighted by Gasteiger charge is 2.33. The van der Waals surface area contributed by atoms with Gasteiger partial charge in [-0.15, -0.1) is 0 Å². The molecule has 0 bridgehead atoms. The van der Waals surface area contributed by atoms with Crippen LogP contribution in [0, 0.1) is 0 Å². The average Bonchev–Trinajstić information content (AvgIpc) is 2.21. The normalized spacial score (nSPS) is 23.7. The van der Waals surface area contributed by atoms with E-state index in [1.807, 2.05) is 6.92 Å². The summed E-state index contributed by atoms with van der Waals surface area (Å²) in [6.07, 6.45) is 2.70. The highest BCUT2D eigenvalue weighted by atomic mass is 16.4. The summed E-state index contributed by atoms with van der Waals surface area (Å²) >= 11 is 0. The van der Waals surface area contributed by atoms with E-state index < -0.39 is 11.5 Å². The van der Waals surface area contributed by atoms with Crippen molar-refractivity contribution in [2.45, 2.75) is 44.7 Å². The van der Waals surface area contributed by atoms with Crippen LogP contribution in [0.3, 0.4) is 0 Å². The molecule has 4 heteroatoms. The van der Waals surface area contributed by atoms with Crippen molar-refractivity contribution in [2.75, 3.05) is 20.1 Å².